The fraction of sp³-hybridized carbons (Fsp3) is 0.556. The number of nitrogens with one attached hydrogen (secondary N) is 1. The lowest BCUT2D eigenvalue weighted by Gasteiger charge is -2.35. The normalized spacial score (nSPS) is 14.1. The van der Waals surface area contributed by atoms with Crippen molar-refractivity contribution in [2.45, 2.75) is 65.5 Å². The Morgan fingerprint density at radius 1 is 1.12 bits per heavy atom. The van der Waals surface area contributed by atoms with Crippen molar-refractivity contribution in [1.82, 2.24) is 14.4 Å². The van der Waals surface area contributed by atoms with Crippen LogP contribution in [0.25, 0.3) is 0 Å². The van der Waals surface area contributed by atoms with E-state index in [9.17, 15) is 9.59 Å². The summed E-state index contributed by atoms with van der Waals surface area (Å²) in [6.07, 6.45) is 7.23. The maximum Gasteiger partial charge on any atom is 0.322 e. The van der Waals surface area contributed by atoms with Gasteiger partial charge in [-0.05, 0) is 62.1 Å². The Balaban J connectivity index is 1.74. The second-order valence-electron chi connectivity index (χ2n) is 9.59. The van der Waals surface area contributed by atoms with Gasteiger partial charge in [0.1, 0.15) is 12.3 Å². The molecule has 7 heteroatoms. The molecule has 1 N–H and O–H groups in total. The van der Waals surface area contributed by atoms with E-state index in [1.165, 1.54) is 6.42 Å². The molecule has 0 radical (unpaired) electrons. The van der Waals surface area contributed by atoms with Gasteiger partial charge in [-0.1, -0.05) is 33.1 Å². The van der Waals surface area contributed by atoms with Gasteiger partial charge >= 0.3 is 6.03 Å². The number of aryl methyl sites for hydroxylation is 1. The second-order valence-corrected chi connectivity index (χ2v) is 9.59. The number of anilines is 1. The van der Waals surface area contributed by atoms with Gasteiger partial charge in [0.2, 0.25) is 5.91 Å². The van der Waals surface area contributed by atoms with Crippen LogP contribution in [0.5, 0.6) is 5.75 Å². The molecule has 0 atom stereocenters. The van der Waals surface area contributed by atoms with Crippen LogP contribution in [0.15, 0.2) is 42.6 Å². The van der Waals surface area contributed by atoms with Crippen LogP contribution in [0.4, 0.5) is 10.5 Å². The molecule has 34 heavy (non-hydrogen) atoms. The lowest BCUT2D eigenvalue weighted by Crippen LogP contribution is -2.50. The number of carbonyl (C=O) groups excluding carboxylic acids is 2. The van der Waals surface area contributed by atoms with E-state index in [4.69, 9.17) is 4.74 Å². The van der Waals surface area contributed by atoms with Crippen molar-refractivity contribution in [2.75, 3.05) is 25.0 Å². The molecule has 0 bridgehead atoms. The monoisotopic (exact) mass is 468 g/mol. The summed E-state index contributed by atoms with van der Waals surface area (Å²) in [6, 6.07) is 11.3. The van der Waals surface area contributed by atoms with Crippen molar-refractivity contribution in [3.05, 3.63) is 48.3 Å². The summed E-state index contributed by atoms with van der Waals surface area (Å²) in [5, 5.41) is 3.00. The Labute approximate surface area is 204 Å². The van der Waals surface area contributed by atoms with Crippen LogP contribution >= 0.6 is 0 Å². The molecule has 1 fully saturated rings. The molecule has 0 saturated heterocycles. The molecule has 0 unspecified atom stereocenters. The zero-order chi connectivity index (χ0) is 24.5. The average molecular weight is 469 g/mol. The molecule has 0 spiro atoms. The highest BCUT2D eigenvalue weighted by Crippen LogP contribution is 2.24. The van der Waals surface area contributed by atoms with Crippen molar-refractivity contribution < 1.29 is 14.3 Å². The predicted octanol–water partition coefficient (Wildman–Crippen LogP) is 5.28. The minimum absolute atomic E-state index is 0.0117. The highest BCUT2D eigenvalue weighted by molar-refractivity contribution is 5.92. The standard InChI is InChI=1S/C27H40N4O3/c1-5-34-25-15-13-22(14-16-25)28-27(33)31(23-10-7-6-8-11-23)20-26(32)30(18-21(2)3)19-24-12-9-17-29(24)4/h9,12-17,21,23H,5-8,10-11,18-20H2,1-4H3,(H,28,33). The number of nitrogens with zero attached hydrogens (tertiary/aromatic N) is 3. The van der Waals surface area contributed by atoms with Gasteiger partial charge in [-0.25, -0.2) is 4.79 Å². The highest BCUT2D eigenvalue weighted by atomic mass is 16.5. The second kappa shape index (κ2) is 12.5. The molecule has 3 rings (SSSR count). The number of rotatable bonds is 10. The van der Waals surface area contributed by atoms with Gasteiger partial charge in [-0.3, -0.25) is 4.79 Å². The van der Waals surface area contributed by atoms with Gasteiger partial charge in [0.15, 0.2) is 0 Å². The first-order valence-corrected chi connectivity index (χ1v) is 12.6. The summed E-state index contributed by atoms with van der Waals surface area (Å²) < 4.78 is 7.54. The summed E-state index contributed by atoms with van der Waals surface area (Å²) in [5.41, 5.74) is 1.78. The third-order valence-corrected chi connectivity index (χ3v) is 6.34. The molecule has 3 amide bonds. The molecule has 1 aromatic heterocycles. The minimum atomic E-state index is -0.215. The SMILES string of the molecule is CCOc1ccc(NC(=O)N(CC(=O)N(Cc2cccn2C)CC(C)C)C2CCCCC2)cc1. The predicted molar refractivity (Wildman–Crippen MR) is 136 cm³/mol. The van der Waals surface area contributed by atoms with Crippen LogP contribution in [0.3, 0.4) is 0 Å². The van der Waals surface area contributed by atoms with Gasteiger partial charge in [0.05, 0.1) is 13.2 Å². The average Bonchev–Trinajstić information content (AvgIpc) is 3.22. The molecule has 0 aliphatic heterocycles. The molecule has 1 saturated carbocycles. The Morgan fingerprint density at radius 2 is 1.82 bits per heavy atom. The molecular weight excluding hydrogens is 428 g/mol. The Hall–Kier alpha value is -2.96. The molecule has 2 aromatic rings. The van der Waals surface area contributed by atoms with E-state index >= 15 is 0 Å². The summed E-state index contributed by atoms with van der Waals surface area (Å²) in [4.78, 5) is 30.6. The summed E-state index contributed by atoms with van der Waals surface area (Å²) in [5.74, 6) is 1.09. The van der Waals surface area contributed by atoms with Gasteiger partial charge in [-0.15, -0.1) is 0 Å². The number of carbonyl (C=O) groups is 2. The fourth-order valence-corrected chi connectivity index (χ4v) is 4.55. The maximum absolute atomic E-state index is 13.5. The lowest BCUT2D eigenvalue weighted by atomic mass is 9.94. The Kier molecular flexibility index (Phi) is 9.42. The van der Waals surface area contributed by atoms with E-state index in [-0.39, 0.29) is 24.5 Å². The smallest absolute Gasteiger partial charge is 0.322 e. The zero-order valence-corrected chi connectivity index (χ0v) is 21.1. The lowest BCUT2D eigenvalue weighted by molar-refractivity contribution is -0.133. The van der Waals surface area contributed by atoms with E-state index in [0.717, 1.165) is 37.1 Å². The maximum atomic E-state index is 13.5. The van der Waals surface area contributed by atoms with E-state index in [0.29, 0.717) is 31.3 Å². The van der Waals surface area contributed by atoms with Gasteiger partial charge in [0, 0.05) is 37.2 Å². The minimum Gasteiger partial charge on any atom is -0.494 e. The largest absolute Gasteiger partial charge is 0.494 e. The Bertz CT molecular complexity index is 916. The topological polar surface area (TPSA) is 66.8 Å². The number of hydrogen-bond acceptors (Lipinski definition) is 3. The number of ether oxygens (including phenoxy) is 1. The molecule has 1 heterocycles. The summed E-state index contributed by atoms with van der Waals surface area (Å²) in [7, 11) is 1.99. The van der Waals surface area contributed by atoms with Gasteiger partial charge in [-0.2, -0.15) is 0 Å². The molecule has 1 aromatic carbocycles. The number of benzene rings is 1. The zero-order valence-electron chi connectivity index (χ0n) is 21.1. The van der Waals surface area contributed by atoms with Crippen molar-refractivity contribution in [1.29, 1.82) is 0 Å². The first-order valence-electron chi connectivity index (χ1n) is 12.6. The number of aromatic nitrogens is 1. The summed E-state index contributed by atoms with van der Waals surface area (Å²) >= 11 is 0. The van der Waals surface area contributed by atoms with E-state index in [2.05, 4.69) is 19.2 Å². The van der Waals surface area contributed by atoms with Crippen molar-refractivity contribution in [3.63, 3.8) is 0 Å². The third kappa shape index (κ3) is 7.27. The number of amides is 3. The molecule has 1 aliphatic carbocycles. The van der Waals surface area contributed by atoms with E-state index in [1.54, 1.807) is 4.90 Å². The summed E-state index contributed by atoms with van der Waals surface area (Å²) in [6.45, 7) is 8.05. The van der Waals surface area contributed by atoms with Crippen LogP contribution in [0.1, 0.15) is 58.6 Å². The number of hydrogen-bond donors (Lipinski definition) is 1. The Morgan fingerprint density at radius 3 is 2.41 bits per heavy atom. The first-order chi connectivity index (χ1) is 16.4. The van der Waals surface area contributed by atoms with Crippen LogP contribution in [-0.4, -0.2) is 52.0 Å². The first kappa shape index (κ1) is 25.7. The van der Waals surface area contributed by atoms with Crippen molar-refractivity contribution in [3.8, 4) is 5.75 Å². The van der Waals surface area contributed by atoms with Crippen LogP contribution in [0, 0.1) is 5.92 Å². The molecule has 1 aliphatic rings. The molecule has 7 nitrogen and oxygen atoms in total. The van der Waals surface area contributed by atoms with Crippen molar-refractivity contribution in [2.24, 2.45) is 13.0 Å². The third-order valence-electron chi connectivity index (χ3n) is 6.34. The molecule has 186 valence electrons. The van der Waals surface area contributed by atoms with Crippen LogP contribution in [-0.2, 0) is 18.4 Å². The number of urea groups is 1. The quantitative estimate of drug-likeness (QED) is 0.516. The van der Waals surface area contributed by atoms with Crippen LogP contribution < -0.4 is 10.1 Å². The fourth-order valence-electron chi connectivity index (χ4n) is 4.55. The molecular formula is C27H40N4O3. The van der Waals surface area contributed by atoms with Gasteiger partial charge < -0.3 is 24.4 Å². The van der Waals surface area contributed by atoms with Crippen molar-refractivity contribution >= 4 is 17.6 Å². The van der Waals surface area contributed by atoms with Gasteiger partial charge in [0.25, 0.3) is 0 Å². The van der Waals surface area contributed by atoms with E-state index in [1.807, 2.05) is 66.0 Å². The van der Waals surface area contributed by atoms with E-state index < -0.39 is 0 Å². The van der Waals surface area contributed by atoms with Crippen LogP contribution in [0.2, 0.25) is 0 Å². The highest BCUT2D eigenvalue weighted by Gasteiger charge is 2.29.